The second kappa shape index (κ2) is 9.20. The molecule has 122 valence electrons. The van der Waals surface area contributed by atoms with Crippen molar-refractivity contribution in [2.75, 3.05) is 6.54 Å². The van der Waals surface area contributed by atoms with Crippen molar-refractivity contribution in [2.24, 2.45) is 5.92 Å². The number of rotatable bonds is 9. The first-order valence-electron chi connectivity index (χ1n) is 7.65. The van der Waals surface area contributed by atoms with Gasteiger partial charge in [0.25, 0.3) is 5.91 Å². The third-order valence-electron chi connectivity index (χ3n) is 3.29. The molecule has 0 spiro atoms. The van der Waals surface area contributed by atoms with Gasteiger partial charge < -0.3 is 15.2 Å². The van der Waals surface area contributed by atoms with Gasteiger partial charge in [-0.1, -0.05) is 25.5 Å². The quantitative estimate of drug-likeness (QED) is 0.735. The molecular formula is C17H25NO4. The number of carboxylic acids is 1. The number of aliphatic carboxylic acids is 1. The number of carboxylic acid groups (broad SMARTS) is 1. The number of nitrogens with one attached hydrogen (secondary N) is 1. The Balaban J connectivity index is 2.53. The van der Waals surface area contributed by atoms with Gasteiger partial charge in [-0.15, -0.1) is 0 Å². The first-order chi connectivity index (χ1) is 10.4. The highest BCUT2D eigenvalue weighted by atomic mass is 16.5. The molecule has 0 radical (unpaired) electrons. The molecule has 5 heteroatoms. The monoisotopic (exact) mass is 307 g/mol. The van der Waals surface area contributed by atoms with Crippen molar-refractivity contribution >= 4 is 11.9 Å². The molecule has 0 saturated carbocycles. The fourth-order valence-electron chi connectivity index (χ4n) is 1.99. The highest BCUT2D eigenvalue weighted by molar-refractivity contribution is 5.94. The van der Waals surface area contributed by atoms with E-state index in [9.17, 15) is 9.59 Å². The number of carbonyl (C=O) groups is 2. The highest BCUT2D eigenvalue weighted by Gasteiger charge is 2.17. The van der Waals surface area contributed by atoms with Gasteiger partial charge in [0, 0.05) is 12.1 Å². The van der Waals surface area contributed by atoms with Crippen LogP contribution in [0.25, 0.3) is 0 Å². The number of hydrogen-bond donors (Lipinski definition) is 2. The molecule has 1 aromatic rings. The van der Waals surface area contributed by atoms with Crippen LogP contribution in [0.2, 0.25) is 0 Å². The van der Waals surface area contributed by atoms with Crippen LogP contribution in [0.5, 0.6) is 0 Å². The van der Waals surface area contributed by atoms with E-state index in [4.69, 9.17) is 9.84 Å². The fourth-order valence-corrected chi connectivity index (χ4v) is 1.99. The zero-order chi connectivity index (χ0) is 16.5. The molecule has 1 aromatic carbocycles. The molecule has 1 amide bonds. The van der Waals surface area contributed by atoms with Crippen LogP contribution >= 0.6 is 0 Å². The van der Waals surface area contributed by atoms with Crippen LogP contribution in [0.1, 0.15) is 49.5 Å². The summed E-state index contributed by atoms with van der Waals surface area (Å²) in [5, 5.41) is 11.7. The molecule has 5 nitrogen and oxygen atoms in total. The van der Waals surface area contributed by atoms with Crippen LogP contribution < -0.4 is 5.32 Å². The molecular weight excluding hydrogens is 282 g/mol. The largest absolute Gasteiger partial charge is 0.481 e. The van der Waals surface area contributed by atoms with Crippen LogP contribution in [-0.2, 0) is 16.1 Å². The smallest absolute Gasteiger partial charge is 0.308 e. The van der Waals surface area contributed by atoms with E-state index in [0.29, 0.717) is 18.6 Å². The lowest BCUT2D eigenvalue weighted by atomic mass is 10.0. The zero-order valence-corrected chi connectivity index (χ0v) is 13.5. The standard InChI is InChI=1S/C17H25NO4/c1-4-5-15(17(20)21)10-18-16(19)14-8-6-13(7-9-14)11-22-12(2)3/h6-9,12,15H,4-5,10-11H2,1-3H3,(H,18,19)(H,20,21). The van der Waals surface area contributed by atoms with Crippen LogP contribution in [0.3, 0.4) is 0 Å². The number of carbonyl (C=O) groups excluding carboxylic acids is 1. The van der Waals surface area contributed by atoms with Crippen LogP contribution in [-0.4, -0.2) is 29.6 Å². The van der Waals surface area contributed by atoms with E-state index >= 15 is 0 Å². The van der Waals surface area contributed by atoms with Crippen LogP contribution in [0.15, 0.2) is 24.3 Å². The van der Waals surface area contributed by atoms with Gasteiger partial charge in [0.2, 0.25) is 0 Å². The Labute approximate surface area is 131 Å². The Kier molecular flexibility index (Phi) is 7.60. The summed E-state index contributed by atoms with van der Waals surface area (Å²) in [5.74, 6) is -1.66. The maximum Gasteiger partial charge on any atom is 0.308 e. The Morgan fingerprint density at radius 3 is 2.36 bits per heavy atom. The molecule has 22 heavy (non-hydrogen) atoms. The Morgan fingerprint density at radius 2 is 1.86 bits per heavy atom. The molecule has 0 bridgehead atoms. The van der Waals surface area contributed by atoms with Gasteiger partial charge in [0.1, 0.15) is 0 Å². The van der Waals surface area contributed by atoms with Gasteiger partial charge in [-0.3, -0.25) is 9.59 Å². The van der Waals surface area contributed by atoms with E-state index in [1.54, 1.807) is 12.1 Å². The summed E-state index contributed by atoms with van der Waals surface area (Å²) in [6.07, 6.45) is 1.49. The highest BCUT2D eigenvalue weighted by Crippen LogP contribution is 2.09. The lowest BCUT2D eigenvalue weighted by Crippen LogP contribution is -2.32. The maximum absolute atomic E-state index is 12.0. The topological polar surface area (TPSA) is 75.6 Å². The minimum atomic E-state index is -0.872. The number of hydrogen-bond acceptors (Lipinski definition) is 3. The van der Waals surface area contributed by atoms with Gasteiger partial charge in [-0.2, -0.15) is 0 Å². The van der Waals surface area contributed by atoms with Crippen molar-refractivity contribution in [3.05, 3.63) is 35.4 Å². The average Bonchev–Trinajstić information content (AvgIpc) is 2.49. The number of benzene rings is 1. The van der Waals surface area contributed by atoms with Gasteiger partial charge in [0.15, 0.2) is 0 Å². The van der Waals surface area contributed by atoms with Gasteiger partial charge in [-0.05, 0) is 38.0 Å². The van der Waals surface area contributed by atoms with E-state index in [0.717, 1.165) is 12.0 Å². The third kappa shape index (κ3) is 6.26. The minimum Gasteiger partial charge on any atom is -0.481 e. The predicted molar refractivity (Wildman–Crippen MR) is 84.7 cm³/mol. The minimum absolute atomic E-state index is 0.153. The predicted octanol–water partition coefficient (Wildman–Crippen LogP) is 2.84. The molecule has 0 aliphatic rings. The van der Waals surface area contributed by atoms with Crippen molar-refractivity contribution in [2.45, 2.75) is 46.3 Å². The molecule has 0 saturated heterocycles. The van der Waals surface area contributed by atoms with Crippen LogP contribution in [0.4, 0.5) is 0 Å². The van der Waals surface area contributed by atoms with E-state index < -0.39 is 11.9 Å². The second-order valence-electron chi connectivity index (χ2n) is 5.59. The van der Waals surface area contributed by atoms with Crippen molar-refractivity contribution in [1.82, 2.24) is 5.32 Å². The molecule has 0 aromatic heterocycles. The Morgan fingerprint density at radius 1 is 1.23 bits per heavy atom. The second-order valence-corrected chi connectivity index (χ2v) is 5.59. The van der Waals surface area contributed by atoms with Gasteiger partial charge in [-0.25, -0.2) is 0 Å². The summed E-state index contributed by atoms with van der Waals surface area (Å²) in [4.78, 5) is 23.1. The van der Waals surface area contributed by atoms with E-state index in [1.807, 2.05) is 32.9 Å². The van der Waals surface area contributed by atoms with E-state index in [-0.39, 0.29) is 18.6 Å². The molecule has 1 unspecified atom stereocenters. The molecule has 0 heterocycles. The van der Waals surface area contributed by atoms with E-state index in [2.05, 4.69) is 5.32 Å². The SMILES string of the molecule is CCCC(CNC(=O)c1ccc(COC(C)C)cc1)C(=O)O. The summed E-state index contributed by atoms with van der Waals surface area (Å²) >= 11 is 0. The van der Waals surface area contributed by atoms with Crippen molar-refractivity contribution in [1.29, 1.82) is 0 Å². The zero-order valence-electron chi connectivity index (χ0n) is 13.5. The lowest BCUT2D eigenvalue weighted by molar-refractivity contribution is -0.141. The fraction of sp³-hybridized carbons (Fsp3) is 0.529. The molecule has 0 fully saturated rings. The lowest BCUT2D eigenvalue weighted by Gasteiger charge is -2.12. The number of amides is 1. The first kappa shape index (κ1) is 18.2. The average molecular weight is 307 g/mol. The van der Waals surface area contributed by atoms with Crippen molar-refractivity contribution in [3.8, 4) is 0 Å². The first-order valence-corrected chi connectivity index (χ1v) is 7.65. The van der Waals surface area contributed by atoms with Gasteiger partial charge in [0.05, 0.1) is 18.6 Å². The molecule has 0 aliphatic heterocycles. The summed E-state index contributed by atoms with van der Waals surface area (Å²) < 4.78 is 5.49. The van der Waals surface area contributed by atoms with Crippen LogP contribution in [0, 0.1) is 5.92 Å². The Bertz CT molecular complexity index is 482. The Hall–Kier alpha value is -1.88. The summed E-state index contributed by atoms with van der Waals surface area (Å²) in [7, 11) is 0. The molecule has 2 N–H and O–H groups in total. The molecule has 0 aliphatic carbocycles. The molecule has 1 atom stereocenters. The van der Waals surface area contributed by atoms with E-state index in [1.165, 1.54) is 0 Å². The molecule has 1 rings (SSSR count). The summed E-state index contributed by atoms with van der Waals surface area (Å²) in [6.45, 7) is 6.53. The number of ether oxygens (including phenoxy) is 1. The van der Waals surface area contributed by atoms with Crippen molar-refractivity contribution in [3.63, 3.8) is 0 Å². The maximum atomic E-state index is 12.0. The summed E-state index contributed by atoms with van der Waals surface area (Å²) in [6, 6.07) is 7.14. The van der Waals surface area contributed by atoms with Gasteiger partial charge >= 0.3 is 5.97 Å². The van der Waals surface area contributed by atoms with Crippen molar-refractivity contribution < 1.29 is 19.4 Å². The normalized spacial score (nSPS) is 12.2. The summed E-state index contributed by atoms with van der Waals surface area (Å²) in [5.41, 5.74) is 1.52. The third-order valence-corrected chi connectivity index (χ3v) is 3.29.